The summed E-state index contributed by atoms with van der Waals surface area (Å²) in [4.78, 5) is 14.2. The summed E-state index contributed by atoms with van der Waals surface area (Å²) in [6, 6.07) is 0. The SMILES string of the molecule is CC(C)C(=O)N(CC1CCC1)CC1CCCO1. The lowest BCUT2D eigenvalue weighted by Crippen LogP contribution is -2.43. The lowest BCUT2D eigenvalue weighted by atomic mass is 9.85. The van der Waals surface area contributed by atoms with Crippen LogP contribution in [0, 0.1) is 11.8 Å². The zero-order valence-electron chi connectivity index (χ0n) is 11.2. The Hall–Kier alpha value is -0.570. The fourth-order valence-corrected chi connectivity index (χ4v) is 2.64. The van der Waals surface area contributed by atoms with E-state index in [4.69, 9.17) is 4.74 Å². The van der Waals surface area contributed by atoms with Crippen LogP contribution in [0.5, 0.6) is 0 Å². The molecule has 2 fully saturated rings. The minimum atomic E-state index is 0.108. The van der Waals surface area contributed by atoms with Gasteiger partial charge in [0.05, 0.1) is 6.10 Å². The standard InChI is InChI=1S/C14H25NO2/c1-11(2)14(16)15(9-12-5-3-6-12)10-13-7-4-8-17-13/h11-13H,3-10H2,1-2H3. The third-order valence-corrected chi connectivity index (χ3v) is 3.96. The Morgan fingerprint density at radius 3 is 2.47 bits per heavy atom. The van der Waals surface area contributed by atoms with E-state index in [1.54, 1.807) is 0 Å². The Kier molecular flexibility index (Phi) is 4.43. The predicted molar refractivity (Wildman–Crippen MR) is 67.7 cm³/mol. The lowest BCUT2D eigenvalue weighted by molar-refractivity contribution is -0.137. The van der Waals surface area contributed by atoms with E-state index in [-0.39, 0.29) is 12.0 Å². The van der Waals surface area contributed by atoms with Crippen LogP contribution in [-0.4, -0.2) is 36.6 Å². The first-order valence-corrected chi connectivity index (χ1v) is 7.07. The van der Waals surface area contributed by atoms with Gasteiger partial charge in [-0.2, -0.15) is 0 Å². The monoisotopic (exact) mass is 239 g/mol. The minimum absolute atomic E-state index is 0.108. The molecular formula is C14H25NO2. The van der Waals surface area contributed by atoms with Crippen molar-refractivity contribution in [2.24, 2.45) is 11.8 Å². The van der Waals surface area contributed by atoms with Crippen molar-refractivity contribution in [3.63, 3.8) is 0 Å². The summed E-state index contributed by atoms with van der Waals surface area (Å²) in [7, 11) is 0. The summed E-state index contributed by atoms with van der Waals surface area (Å²) in [5.74, 6) is 1.16. The molecule has 2 aliphatic rings. The van der Waals surface area contributed by atoms with Crippen molar-refractivity contribution < 1.29 is 9.53 Å². The number of amides is 1. The average molecular weight is 239 g/mol. The smallest absolute Gasteiger partial charge is 0.225 e. The Balaban J connectivity index is 1.87. The third-order valence-electron chi connectivity index (χ3n) is 3.96. The molecule has 0 aromatic heterocycles. The van der Waals surface area contributed by atoms with Crippen LogP contribution in [0.4, 0.5) is 0 Å². The van der Waals surface area contributed by atoms with Crippen LogP contribution in [0.1, 0.15) is 46.0 Å². The predicted octanol–water partition coefficient (Wildman–Crippen LogP) is 2.45. The molecule has 2 rings (SSSR count). The molecule has 98 valence electrons. The molecule has 0 aromatic rings. The number of carbonyl (C=O) groups excluding carboxylic acids is 1. The van der Waals surface area contributed by atoms with Crippen LogP contribution in [0.25, 0.3) is 0 Å². The molecule has 3 nitrogen and oxygen atoms in total. The Labute approximate surface area is 105 Å². The molecule has 0 bridgehead atoms. The first-order valence-electron chi connectivity index (χ1n) is 7.07. The van der Waals surface area contributed by atoms with Gasteiger partial charge < -0.3 is 9.64 Å². The van der Waals surface area contributed by atoms with E-state index in [0.29, 0.717) is 5.91 Å². The molecule has 1 aliphatic carbocycles. The fourth-order valence-electron chi connectivity index (χ4n) is 2.64. The normalized spacial score (nSPS) is 25.0. The molecule has 0 spiro atoms. The van der Waals surface area contributed by atoms with Gasteiger partial charge in [-0.25, -0.2) is 0 Å². The van der Waals surface area contributed by atoms with E-state index >= 15 is 0 Å². The van der Waals surface area contributed by atoms with Crippen LogP contribution in [0.15, 0.2) is 0 Å². The highest BCUT2D eigenvalue weighted by molar-refractivity contribution is 5.78. The second-order valence-electron chi connectivity index (χ2n) is 5.83. The van der Waals surface area contributed by atoms with Gasteiger partial charge in [-0.1, -0.05) is 20.3 Å². The van der Waals surface area contributed by atoms with Crippen molar-refractivity contribution in [3.05, 3.63) is 0 Å². The van der Waals surface area contributed by atoms with Crippen LogP contribution in [-0.2, 0) is 9.53 Å². The summed E-state index contributed by atoms with van der Waals surface area (Å²) in [6.45, 7) is 6.62. The number of nitrogens with zero attached hydrogens (tertiary/aromatic N) is 1. The molecule has 1 atom stereocenters. The molecule has 1 saturated heterocycles. The molecule has 0 radical (unpaired) electrons. The summed E-state index contributed by atoms with van der Waals surface area (Å²) in [6.07, 6.45) is 6.50. The van der Waals surface area contributed by atoms with Gasteiger partial charge in [0.15, 0.2) is 0 Å². The lowest BCUT2D eigenvalue weighted by Gasteiger charge is -2.34. The second-order valence-corrected chi connectivity index (χ2v) is 5.83. The van der Waals surface area contributed by atoms with Gasteiger partial charge in [-0.3, -0.25) is 4.79 Å². The van der Waals surface area contributed by atoms with Crippen molar-refractivity contribution in [1.29, 1.82) is 0 Å². The molecule has 1 amide bonds. The van der Waals surface area contributed by atoms with Crippen LogP contribution in [0.2, 0.25) is 0 Å². The van der Waals surface area contributed by atoms with Gasteiger partial charge in [0.25, 0.3) is 0 Å². The zero-order chi connectivity index (χ0) is 12.3. The molecule has 1 unspecified atom stereocenters. The van der Waals surface area contributed by atoms with Crippen LogP contribution >= 0.6 is 0 Å². The maximum absolute atomic E-state index is 12.2. The highest BCUT2D eigenvalue weighted by Crippen LogP contribution is 2.28. The molecule has 0 aromatic carbocycles. The van der Waals surface area contributed by atoms with Crippen LogP contribution in [0.3, 0.4) is 0 Å². The Morgan fingerprint density at radius 2 is 2.00 bits per heavy atom. The molecule has 0 N–H and O–H groups in total. The van der Waals surface area contributed by atoms with E-state index < -0.39 is 0 Å². The Morgan fingerprint density at radius 1 is 1.24 bits per heavy atom. The highest BCUT2D eigenvalue weighted by atomic mass is 16.5. The quantitative estimate of drug-likeness (QED) is 0.737. The van der Waals surface area contributed by atoms with Gasteiger partial charge in [-0.05, 0) is 31.6 Å². The largest absolute Gasteiger partial charge is 0.376 e. The maximum Gasteiger partial charge on any atom is 0.225 e. The number of hydrogen-bond donors (Lipinski definition) is 0. The summed E-state index contributed by atoms with van der Waals surface area (Å²) >= 11 is 0. The second kappa shape index (κ2) is 5.85. The van der Waals surface area contributed by atoms with Crippen molar-refractivity contribution in [2.75, 3.05) is 19.7 Å². The van der Waals surface area contributed by atoms with Crippen molar-refractivity contribution in [2.45, 2.75) is 52.1 Å². The van der Waals surface area contributed by atoms with E-state index in [1.807, 2.05) is 13.8 Å². The van der Waals surface area contributed by atoms with Crippen molar-refractivity contribution in [1.82, 2.24) is 4.90 Å². The fraction of sp³-hybridized carbons (Fsp3) is 0.929. The van der Waals surface area contributed by atoms with Crippen molar-refractivity contribution >= 4 is 5.91 Å². The average Bonchev–Trinajstić information content (AvgIpc) is 2.72. The summed E-state index contributed by atoms with van der Waals surface area (Å²) in [5.41, 5.74) is 0. The molecule has 1 aliphatic heterocycles. The molecule has 17 heavy (non-hydrogen) atoms. The topological polar surface area (TPSA) is 29.5 Å². The van der Waals surface area contributed by atoms with Gasteiger partial charge >= 0.3 is 0 Å². The molecule has 3 heteroatoms. The first-order chi connectivity index (χ1) is 8.16. The molecular weight excluding hydrogens is 214 g/mol. The number of rotatable bonds is 5. The summed E-state index contributed by atoms with van der Waals surface area (Å²) < 4.78 is 5.65. The maximum atomic E-state index is 12.2. The Bertz CT molecular complexity index is 255. The number of ether oxygens (including phenoxy) is 1. The first kappa shape index (κ1) is 12.9. The molecule has 1 heterocycles. The van der Waals surface area contributed by atoms with E-state index in [9.17, 15) is 4.79 Å². The third kappa shape index (κ3) is 3.44. The van der Waals surface area contributed by atoms with Crippen molar-refractivity contribution in [3.8, 4) is 0 Å². The van der Waals surface area contributed by atoms with E-state index in [0.717, 1.165) is 38.5 Å². The van der Waals surface area contributed by atoms with Gasteiger partial charge in [0, 0.05) is 25.6 Å². The van der Waals surface area contributed by atoms with E-state index in [2.05, 4.69) is 4.90 Å². The van der Waals surface area contributed by atoms with E-state index in [1.165, 1.54) is 19.3 Å². The summed E-state index contributed by atoms with van der Waals surface area (Å²) in [5, 5.41) is 0. The zero-order valence-corrected chi connectivity index (χ0v) is 11.2. The van der Waals surface area contributed by atoms with Gasteiger partial charge in [0.1, 0.15) is 0 Å². The highest BCUT2D eigenvalue weighted by Gasteiger charge is 2.28. The number of hydrogen-bond acceptors (Lipinski definition) is 2. The number of carbonyl (C=O) groups is 1. The van der Waals surface area contributed by atoms with Crippen LogP contribution < -0.4 is 0 Å². The molecule has 1 saturated carbocycles. The van der Waals surface area contributed by atoms with Gasteiger partial charge in [0.2, 0.25) is 5.91 Å². The van der Waals surface area contributed by atoms with Gasteiger partial charge in [-0.15, -0.1) is 0 Å². The minimum Gasteiger partial charge on any atom is -0.376 e.